The fourth-order valence-corrected chi connectivity index (χ4v) is 4.87. The Bertz CT molecular complexity index is 1360. The van der Waals surface area contributed by atoms with Crippen molar-refractivity contribution in [2.24, 2.45) is 0 Å². The highest BCUT2D eigenvalue weighted by Crippen LogP contribution is 2.42. The maximum Gasteiger partial charge on any atom is 0.248 e. The summed E-state index contributed by atoms with van der Waals surface area (Å²) >= 11 is 0. The summed E-state index contributed by atoms with van der Waals surface area (Å²) in [4.78, 5) is 6.42. The first-order valence-corrected chi connectivity index (χ1v) is 11.9. The number of nitrogens with two attached hydrogens (primary N) is 1. The lowest BCUT2D eigenvalue weighted by molar-refractivity contribution is -0.0448. The summed E-state index contributed by atoms with van der Waals surface area (Å²) in [5, 5.41) is 9.05. The van der Waals surface area contributed by atoms with Crippen LogP contribution in [-0.2, 0) is 5.54 Å². The van der Waals surface area contributed by atoms with Crippen LogP contribution in [0.4, 0.5) is 14.6 Å². The molecule has 1 aliphatic rings. The second-order valence-corrected chi connectivity index (χ2v) is 10.1. The van der Waals surface area contributed by atoms with Crippen molar-refractivity contribution in [2.75, 3.05) is 19.8 Å². The Morgan fingerprint density at radius 1 is 1.06 bits per heavy atom. The van der Waals surface area contributed by atoms with Crippen molar-refractivity contribution in [2.45, 2.75) is 57.0 Å². The third kappa shape index (κ3) is 4.07. The second-order valence-electron chi connectivity index (χ2n) is 10.1. The number of alkyl halides is 2. The number of rotatable bonds is 5. The zero-order valence-corrected chi connectivity index (χ0v) is 20.5. The van der Waals surface area contributed by atoms with E-state index in [2.05, 4.69) is 66.2 Å². The molecule has 0 saturated heterocycles. The number of anilines is 1. The highest BCUT2D eigenvalue weighted by molar-refractivity contribution is 5.91. The number of hydrogen-bond donors (Lipinski definition) is 1. The zero-order chi connectivity index (χ0) is 25.0. The van der Waals surface area contributed by atoms with E-state index < -0.39 is 5.92 Å². The number of halogens is 2. The molecule has 1 aromatic carbocycles. The largest absolute Gasteiger partial charge is 0.382 e. The van der Waals surface area contributed by atoms with Crippen LogP contribution in [0.5, 0.6) is 0 Å². The quantitative estimate of drug-likeness (QED) is 0.415. The molecule has 7 nitrogen and oxygen atoms in total. The van der Waals surface area contributed by atoms with Gasteiger partial charge in [0.2, 0.25) is 5.92 Å². The number of aromatic nitrogens is 5. The highest BCUT2D eigenvalue weighted by Gasteiger charge is 2.36. The summed E-state index contributed by atoms with van der Waals surface area (Å²) in [5.74, 6) is -2.24. The fraction of sp³-hybridized carbons (Fsp3) is 0.423. The summed E-state index contributed by atoms with van der Waals surface area (Å²) in [6, 6.07) is 12.3. The van der Waals surface area contributed by atoms with Crippen molar-refractivity contribution >= 4 is 11.3 Å². The van der Waals surface area contributed by atoms with Gasteiger partial charge in [-0.2, -0.15) is 10.2 Å². The van der Waals surface area contributed by atoms with Crippen molar-refractivity contribution < 1.29 is 8.78 Å². The second kappa shape index (κ2) is 8.41. The van der Waals surface area contributed by atoms with Gasteiger partial charge in [-0.25, -0.2) is 18.3 Å². The molecule has 9 heteroatoms. The Labute approximate surface area is 203 Å². The van der Waals surface area contributed by atoms with E-state index in [0.29, 0.717) is 24.2 Å². The lowest BCUT2D eigenvalue weighted by atomic mass is 9.91. The first-order valence-electron chi connectivity index (χ1n) is 11.9. The molecule has 1 saturated carbocycles. The van der Waals surface area contributed by atoms with E-state index in [1.807, 2.05) is 27.4 Å². The van der Waals surface area contributed by atoms with Crippen LogP contribution in [0.2, 0.25) is 0 Å². The molecule has 4 aromatic rings. The van der Waals surface area contributed by atoms with Crippen LogP contribution in [0.15, 0.2) is 48.9 Å². The van der Waals surface area contributed by atoms with E-state index in [9.17, 15) is 8.78 Å². The highest BCUT2D eigenvalue weighted by atomic mass is 19.3. The van der Waals surface area contributed by atoms with E-state index in [1.54, 1.807) is 6.20 Å². The normalized spacial score (nSPS) is 16.9. The molecule has 0 bridgehead atoms. The Balaban J connectivity index is 1.64. The Hall–Kier alpha value is -3.33. The van der Waals surface area contributed by atoms with Crippen LogP contribution in [0, 0.1) is 0 Å². The first kappa shape index (κ1) is 23.4. The van der Waals surface area contributed by atoms with Crippen molar-refractivity contribution in [3.63, 3.8) is 0 Å². The summed E-state index contributed by atoms with van der Waals surface area (Å²) in [5.41, 5.74) is 11.6. The third-order valence-electron chi connectivity index (χ3n) is 7.54. The molecule has 2 N–H and O–H groups in total. The molecule has 0 atom stereocenters. The molecule has 1 aliphatic carbocycles. The number of benzene rings is 1. The molecule has 35 heavy (non-hydrogen) atoms. The van der Waals surface area contributed by atoms with Crippen molar-refractivity contribution in [3.05, 3.63) is 54.5 Å². The molecular weight excluding hydrogens is 448 g/mol. The first-order chi connectivity index (χ1) is 16.6. The van der Waals surface area contributed by atoms with Gasteiger partial charge in [-0.05, 0) is 64.5 Å². The predicted molar refractivity (Wildman–Crippen MR) is 133 cm³/mol. The number of nitrogen functional groups attached to an aromatic ring is 1. The summed E-state index contributed by atoms with van der Waals surface area (Å²) in [6.07, 6.45) is 3.67. The van der Waals surface area contributed by atoms with E-state index in [1.165, 1.54) is 11.9 Å². The minimum absolute atomic E-state index is 0.0897. The van der Waals surface area contributed by atoms with E-state index in [-0.39, 0.29) is 24.4 Å². The Morgan fingerprint density at radius 2 is 1.80 bits per heavy atom. The van der Waals surface area contributed by atoms with Crippen LogP contribution in [0.1, 0.15) is 51.1 Å². The van der Waals surface area contributed by atoms with Crippen molar-refractivity contribution in [1.29, 1.82) is 0 Å². The summed E-state index contributed by atoms with van der Waals surface area (Å²) < 4.78 is 31.3. The summed E-state index contributed by atoms with van der Waals surface area (Å²) in [6.45, 7) is 4.36. The standard InChI is InChI=1S/C26H31F2N7/c1-25(2,33(3)4)18-7-5-6-17(14-18)22-15-20(23-24(29)30-16-32-35(22)23)21-10-13-31-34(21)19-8-11-26(27,28)12-9-19/h5-7,10,13-16,19H,8-9,11-12H2,1-4H3,(H2,29,30,32). The van der Waals surface area contributed by atoms with Gasteiger partial charge in [0, 0.05) is 35.7 Å². The minimum Gasteiger partial charge on any atom is -0.382 e. The van der Waals surface area contributed by atoms with Gasteiger partial charge in [-0.15, -0.1) is 0 Å². The van der Waals surface area contributed by atoms with Gasteiger partial charge >= 0.3 is 0 Å². The number of hydrogen-bond acceptors (Lipinski definition) is 5. The SMILES string of the molecule is CN(C)C(C)(C)c1cccc(-c2cc(-c3ccnn3C3CCC(F)(F)CC3)c3c(N)ncnn23)c1. The van der Waals surface area contributed by atoms with E-state index in [0.717, 1.165) is 22.5 Å². The van der Waals surface area contributed by atoms with Gasteiger partial charge in [0.25, 0.3) is 0 Å². The minimum atomic E-state index is -2.59. The molecule has 0 spiro atoms. The molecular formula is C26H31F2N7. The molecule has 3 aromatic heterocycles. The van der Waals surface area contributed by atoms with Crippen LogP contribution in [0.25, 0.3) is 28.0 Å². The Kier molecular flexibility index (Phi) is 5.62. The third-order valence-corrected chi connectivity index (χ3v) is 7.54. The predicted octanol–water partition coefficient (Wildman–Crippen LogP) is 5.39. The average molecular weight is 480 g/mol. The van der Waals surface area contributed by atoms with Gasteiger partial charge in [0.15, 0.2) is 5.82 Å². The van der Waals surface area contributed by atoms with E-state index in [4.69, 9.17) is 5.73 Å². The van der Waals surface area contributed by atoms with Gasteiger partial charge < -0.3 is 10.6 Å². The molecule has 0 radical (unpaired) electrons. The number of fused-ring (bicyclic) bond motifs is 1. The number of nitrogens with zero attached hydrogens (tertiary/aromatic N) is 6. The van der Waals surface area contributed by atoms with Gasteiger partial charge in [-0.3, -0.25) is 4.68 Å². The lowest BCUT2D eigenvalue weighted by Gasteiger charge is -2.33. The van der Waals surface area contributed by atoms with Crippen LogP contribution >= 0.6 is 0 Å². The molecule has 0 aliphatic heterocycles. The topological polar surface area (TPSA) is 77.3 Å². The average Bonchev–Trinajstić information content (AvgIpc) is 3.45. The molecule has 3 heterocycles. The van der Waals surface area contributed by atoms with Crippen molar-refractivity contribution in [3.8, 4) is 22.5 Å². The zero-order valence-electron chi connectivity index (χ0n) is 20.5. The van der Waals surface area contributed by atoms with Crippen molar-refractivity contribution in [1.82, 2.24) is 29.3 Å². The molecule has 5 rings (SSSR count). The maximum absolute atomic E-state index is 13.8. The monoisotopic (exact) mass is 479 g/mol. The van der Waals surface area contributed by atoms with Crippen LogP contribution in [0.3, 0.4) is 0 Å². The molecule has 0 unspecified atom stereocenters. The van der Waals surface area contributed by atoms with Crippen LogP contribution < -0.4 is 5.73 Å². The lowest BCUT2D eigenvalue weighted by Crippen LogP contribution is -2.35. The van der Waals surface area contributed by atoms with Crippen LogP contribution in [-0.4, -0.2) is 49.3 Å². The van der Waals surface area contributed by atoms with Gasteiger partial charge in [-0.1, -0.05) is 18.2 Å². The van der Waals surface area contributed by atoms with Gasteiger partial charge in [0.1, 0.15) is 11.8 Å². The fourth-order valence-electron chi connectivity index (χ4n) is 4.87. The smallest absolute Gasteiger partial charge is 0.248 e. The van der Waals surface area contributed by atoms with E-state index >= 15 is 0 Å². The molecule has 184 valence electrons. The maximum atomic E-state index is 13.8. The molecule has 0 amide bonds. The molecule has 1 fully saturated rings. The van der Waals surface area contributed by atoms with Gasteiger partial charge in [0.05, 0.1) is 17.4 Å². The summed E-state index contributed by atoms with van der Waals surface area (Å²) in [7, 11) is 4.13. The Morgan fingerprint density at radius 3 is 2.51 bits per heavy atom.